The van der Waals surface area contributed by atoms with Gasteiger partial charge in [0.15, 0.2) is 0 Å². The summed E-state index contributed by atoms with van der Waals surface area (Å²) in [6, 6.07) is 8.06. The van der Waals surface area contributed by atoms with E-state index >= 15 is 0 Å². The Morgan fingerprint density at radius 1 is 1.60 bits per heavy atom. The van der Waals surface area contributed by atoms with Crippen LogP contribution in [0.3, 0.4) is 0 Å². The standard InChI is InChI=1S/C11H12BrClN2/c1-8(4-5-14)15-7-9-6-10(12)2-3-11(9)13/h2-3,6,8,15H,4,7H2,1H3. The van der Waals surface area contributed by atoms with Crippen LogP contribution in [0.5, 0.6) is 0 Å². The number of rotatable bonds is 4. The predicted molar refractivity (Wildman–Crippen MR) is 65.7 cm³/mol. The molecule has 0 saturated heterocycles. The third kappa shape index (κ3) is 4.21. The Morgan fingerprint density at radius 2 is 2.33 bits per heavy atom. The zero-order chi connectivity index (χ0) is 11.3. The van der Waals surface area contributed by atoms with Crippen molar-refractivity contribution in [1.82, 2.24) is 5.32 Å². The Labute approximate surface area is 103 Å². The van der Waals surface area contributed by atoms with Crippen molar-refractivity contribution in [2.75, 3.05) is 0 Å². The van der Waals surface area contributed by atoms with E-state index < -0.39 is 0 Å². The monoisotopic (exact) mass is 286 g/mol. The molecule has 15 heavy (non-hydrogen) atoms. The molecule has 0 heterocycles. The Bertz CT molecular complexity index is 373. The van der Waals surface area contributed by atoms with Gasteiger partial charge in [0.2, 0.25) is 0 Å². The molecule has 0 aliphatic heterocycles. The van der Waals surface area contributed by atoms with Crippen LogP contribution in [0.1, 0.15) is 18.9 Å². The summed E-state index contributed by atoms with van der Waals surface area (Å²) in [5, 5.41) is 12.5. The van der Waals surface area contributed by atoms with E-state index in [1.54, 1.807) is 0 Å². The van der Waals surface area contributed by atoms with Crippen LogP contribution in [-0.2, 0) is 6.54 Å². The molecule has 0 amide bonds. The molecule has 0 saturated carbocycles. The number of nitrogens with one attached hydrogen (secondary N) is 1. The maximum atomic E-state index is 8.51. The van der Waals surface area contributed by atoms with Gasteiger partial charge in [-0.1, -0.05) is 27.5 Å². The maximum Gasteiger partial charge on any atom is 0.0638 e. The molecule has 1 rings (SSSR count). The molecule has 4 heteroatoms. The van der Waals surface area contributed by atoms with Crippen molar-refractivity contribution < 1.29 is 0 Å². The highest BCUT2D eigenvalue weighted by Gasteiger charge is 2.04. The average molecular weight is 288 g/mol. The third-order valence-corrected chi connectivity index (χ3v) is 2.91. The van der Waals surface area contributed by atoms with E-state index in [-0.39, 0.29) is 6.04 Å². The molecule has 0 fully saturated rings. The van der Waals surface area contributed by atoms with Gasteiger partial charge >= 0.3 is 0 Å². The van der Waals surface area contributed by atoms with Crippen LogP contribution in [0.15, 0.2) is 22.7 Å². The van der Waals surface area contributed by atoms with Gasteiger partial charge in [0, 0.05) is 22.1 Å². The SMILES string of the molecule is CC(CC#N)NCc1cc(Br)ccc1Cl. The van der Waals surface area contributed by atoms with E-state index in [1.165, 1.54) is 0 Å². The number of halogens is 2. The summed E-state index contributed by atoms with van der Waals surface area (Å²) in [6.45, 7) is 2.66. The van der Waals surface area contributed by atoms with Crippen LogP contribution in [0, 0.1) is 11.3 Å². The van der Waals surface area contributed by atoms with Crippen molar-refractivity contribution in [2.24, 2.45) is 0 Å². The predicted octanol–water partition coefficient (Wildman–Crippen LogP) is 3.49. The lowest BCUT2D eigenvalue weighted by molar-refractivity contribution is 0.557. The smallest absolute Gasteiger partial charge is 0.0638 e. The Balaban J connectivity index is 2.57. The van der Waals surface area contributed by atoms with Gasteiger partial charge in [0.25, 0.3) is 0 Å². The van der Waals surface area contributed by atoms with Crippen molar-refractivity contribution in [2.45, 2.75) is 25.9 Å². The molecule has 0 aromatic heterocycles. The first-order valence-electron chi connectivity index (χ1n) is 4.67. The summed E-state index contributed by atoms with van der Waals surface area (Å²) in [5.74, 6) is 0. The molecule has 0 spiro atoms. The van der Waals surface area contributed by atoms with E-state index in [9.17, 15) is 0 Å². The summed E-state index contributed by atoms with van der Waals surface area (Å²) in [5.41, 5.74) is 1.04. The lowest BCUT2D eigenvalue weighted by Crippen LogP contribution is -2.24. The van der Waals surface area contributed by atoms with Gasteiger partial charge in [-0.05, 0) is 30.7 Å². The second-order valence-corrected chi connectivity index (χ2v) is 4.70. The summed E-state index contributed by atoms with van der Waals surface area (Å²) in [6.07, 6.45) is 0.506. The van der Waals surface area contributed by atoms with E-state index in [1.807, 2.05) is 25.1 Å². The number of hydrogen-bond acceptors (Lipinski definition) is 2. The summed E-state index contributed by atoms with van der Waals surface area (Å²) in [7, 11) is 0. The highest BCUT2D eigenvalue weighted by molar-refractivity contribution is 9.10. The summed E-state index contributed by atoms with van der Waals surface area (Å²) < 4.78 is 1.01. The number of benzene rings is 1. The van der Waals surface area contributed by atoms with Crippen molar-refractivity contribution in [3.63, 3.8) is 0 Å². The molecule has 1 unspecified atom stereocenters. The van der Waals surface area contributed by atoms with Gasteiger partial charge < -0.3 is 5.32 Å². The molecule has 1 N–H and O–H groups in total. The van der Waals surface area contributed by atoms with Crippen molar-refractivity contribution in [3.8, 4) is 6.07 Å². The minimum atomic E-state index is 0.185. The molecule has 2 nitrogen and oxygen atoms in total. The van der Waals surface area contributed by atoms with Crippen molar-refractivity contribution in [3.05, 3.63) is 33.3 Å². The number of nitriles is 1. The average Bonchev–Trinajstić information content (AvgIpc) is 2.20. The van der Waals surface area contributed by atoms with Crippen LogP contribution in [0.4, 0.5) is 0 Å². The fourth-order valence-electron chi connectivity index (χ4n) is 1.17. The first-order valence-corrected chi connectivity index (χ1v) is 5.85. The van der Waals surface area contributed by atoms with Crippen LogP contribution in [-0.4, -0.2) is 6.04 Å². The zero-order valence-electron chi connectivity index (χ0n) is 8.43. The highest BCUT2D eigenvalue weighted by atomic mass is 79.9. The van der Waals surface area contributed by atoms with Gasteiger partial charge in [0.05, 0.1) is 12.5 Å². The molecule has 1 atom stereocenters. The molecule has 0 aliphatic rings. The van der Waals surface area contributed by atoms with Gasteiger partial charge in [-0.25, -0.2) is 0 Å². The molecule has 1 aromatic carbocycles. The molecule has 1 aromatic rings. The van der Waals surface area contributed by atoms with Gasteiger partial charge in [-0.2, -0.15) is 5.26 Å². The lowest BCUT2D eigenvalue weighted by Gasteiger charge is -2.11. The molecule has 0 aliphatic carbocycles. The van der Waals surface area contributed by atoms with Crippen molar-refractivity contribution in [1.29, 1.82) is 5.26 Å². The van der Waals surface area contributed by atoms with Crippen LogP contribution in [0.25, 0.3) is 0 Å². The van der Waals surface area contributed by atoms with Crippen LogP contribution >= 0.6 is 27.5 Å². The summed E-state index contributed by atoms with van der Waals surface area (Å²) >= 11 is 9.43. The number of hydrogen-bond donors (Lipinski definition) is 1. The quantitative estimate of drug-likeness (QED) is 0.920. The second kappa shape index (κ2) is 6.12. The lowest BCUT2D eigenvalue weighted by atomic mass is 10.2. The van der Waals surface area contributed by atoms with Gasteiger partial charge in [-0.15, -0.1) is 0 Å². The normalized spacial score (nSPS) is 12.1. The Kier molecular flexibility index (Phi) is 5.10. The van der Waals surface area contributed by atoms with E-state index in [2.05, 4.69) is 27.3 Å². The fourth-order valence-corrected chi connectivity index (χ4v) is 1.76. The van der Waals surface area contributed by atoms with E-state index in [0.717, 1.165) is 15.1 Å². The Hall–Kier alpha value is -0.560. The van der Waals surface area contributed by atoms with Crippen LogP contribution < -0.4 is 5.32 Å². The molecule has 0 bridgehead atoms. The first kappa shape index (κ1) is 12.5. The molecule has 0 radical (unpaired) electrons. The molecular weight excluding hydrogens is 275 g/mol. The largest absolute Gasteiger partial charge is 0.309 e. The van der Waals surface area contributed by atoms with Gasteiger partial charge in [0.1, 0.15) is 0 Å². The second-order valence-electron chi connectivity index (χ2n) is 3.38. The molecule has 80 valence electrons. The fraction of sp³-hybridized carbons (Fsp3) is 0.364. The maximum absolute atomic E-state index is 8.51. The number of nitrogens with zero attached hydrogens (tertiary/aromatic N) is 1. The van der Waals surface area contributed by atoms with Gasteiger partial charge in [-0.3, -0.25) is 0 Å². The van der Waals surface area contributed by atoms with Crippen LogP contribution in [0.2, 0.25) is 5.02 Å². The summed E-state index contributed by atoms with van der Waals surface area (Å²) in [4.78, 5) is 0. The molecular formula is C11H12BrClN2. The first-order chi connectivity index (χ1) is 7.13. The highest BCUT2D eigenvalue weighted by Crippen LogP contribution is 2.20. The van der Waals surface area contributed by atoms with E-state index in [4.69, 9.17) is 16.9 Å². The Morgan fingerprint density at radius 3 is 3.00 bits per heavy atom. The third-order valence-electron chi connectivity index (χ3n) is 2.05. The zero-order valence-corrected chi connectivity index (χ0v) is 10.8. The van der Waals surface area contributed by atoms with E-state index in [0.29, 0.717) is 13.0 Å². The van der Waals surface area contributed by atoms with Crippen molar-refractivity contribution >= 4 is 27.5 Å². The minimum absolute atomic E-state index is 0.185. The minimum Gasteiger partial charge on any atom is -0.309 e. The topological polar surface area (TPSA) is 35.8 Å².